The maximum absolute atomic E-state index is 12.7. The number of hydrogen-bond donors (Lipinski definition) is 1. The van der Waals surface area contributed by atoms with Crippen molar-refractivity contribution in [2.75, 3.05) is 54.1 Å². The number of unbranched alkanes of at least 4 members (excludes halogenated alkanes) is 25. The Labute approximate surface area is 378 Å². The predicted octanol–water partition coefficient (Wildman–Crippen LogP) is 15.5. The van der Waals surface area contributed by atoms with Crippen LogP contribution in [0.2, 0.25) is 0 Å². The molecule has 0 spiro atoms. The number of allylic oxidation sites excluding steroid dienone is 8. The summed E-state index contributed by atoms with van der Waals surface area (Å²) in [6.45, 7) is 5.52. The quantitative estimate of drug-likeness (QED) is 0.0214. The van der Waals surface area contributed by atoms with Gasteiger partial charge in [-0.1, -0.05) is 191 Å². The van der Waals surface area contributed by atoms with Gasteiger partial charge in [0, 0.05) is 13.0 Å². The first-order valence-electron chi connectivity index (χ1n) is 25.4. The average molecular weight is 881 g/mol. The average Bonchev–Trinajstić information content (AvgIpc) is 3.22. The van der Waals surface area contributed by atoms with Gasteiger partial charge in [-0.25, -0.2) is 4.57 Å². The molecular weight excluding hydrogens is 782 g/mol. The Morgan fingerprint density at radius 3 is 1.44 bits per heavy atom. The second-order valence-electron chi connectivity index (χ2n) is 18.2. The number of ether oxygens (including phenoxy) is 2. The van der Waals surface area contributed by atoms with E-state index in [-0.39, 0.29) is 25.8 Å². The van der Waals surface area contributed by atoms with Crippen LogP contribution in [0.4, 0.5) is 0 Å². The second-order valence-corrected chi connectivity index (χ2v) is 19.6. The highest BCUT2D eigenvalue weighted by atomic mass is 31.2. The Kier molecular flexibility index (Phi) is 43.9. The molecule has 0 saturated carbocycles. The highest BCUT2D eigenvalue weighted by molar-refractivity contribution is 7.47. The lowest BCUT2D eigenvalue weighted by Crippen LogP contribution is -2.37. The topological polar surface area (TPSA) is 91.3 Å². The van der Waals surface area contributed by atoms with Gasteiger partial charge in [0.05, 0.1) is 34.4 Å². The summed E-state index contributed by atoms with van der Waals surface area (Å²) < 4.78 is 35.1. The maximum Gasteiger partial charge on any atom is 0.472 e. The zero-order chi connectivity index (χ0) is 44.8. The number of quaternary nitrogens is 1. The first kappa shape index (κ1) is 59.5. The molecule has 9 heteroatoms. The monoisotopic (exact) mass is 881 g/mol. The lowest BCUT2D eigenvalue weighted by Gasteiger charge is -2.24. The molecule has 0 aliphatic heterocycles. The van der Waals surface area contributed by atoms with Crippen molar-refractivity contribution in [3.8, 4) is 0 Å². The minimum absolute atomic E-state index is 0.0854. The highest BCUT2D eigenvalue weighted by Gasteiger charge is 2.26. The number of carbonyl (C=O) groups is 1. The van der Waals surface area contributed by atoms with E-state index in [1.165, 1.54) is 141 Å². The van der Waals surface area contributed by atoms with Gasteiger partial charge in [-0.2, -0.15) is 0 Å². The van der Waals surface area contributed by atoms with Gasteiger partial charge in [-0.15, -0.1) is 0 Å². The molecule has 8 nitrogen and oxygen atoms in total. The Balaban J connectivity index is 4.14. The van der Waals surface area contributed by atoms with E-state index in [1.807, 2.05) is 21.1 Å². The van der Waals surface area contributed by atoms with Gasteiger partial charge in [0.1, 0.15) is 19.3 Å². The number of carbonyl (C=O) groups excluding carboxylic acids is 1. The van der Waals surface area contributed by atoms with Crippen LogP contribution in [0, 0.1) is 0 Å². The van der Waals surface area contributed by atoms with Gasteiger partial charge >= 0.3 is 13.8 Å². The molecule has 0 aromatic heterocycles. The van der Waals surface area contributed by atoms with Crippen molar-refractivity contribution in [1.82, 2.24) is 0 Å². The zero-order valence-electron chi connectivity index (χ0n) is 40.7. The van der Waals surface area contributed by atoms with E-state index in [0.717, 1.165) is 57.8 Å². The van der Waals surface area contributed by atoms with Gasteiger partial charge in [0.25, 0.3) is 0 Å². The van der Waals surface area contributed by atoms with Crippen LogP contribution in [-0.2, 0) is 27.9 Å². The molecule has 1 N–H and O–H groups in total. The van der Waals surface area contributed by atoms with Gasteiger partial charge in [0.2, 0.25) is 0 Å². The first-order valence-corrected chi connectivity index (χ1v) is 26.9. The maximum atomic E-state index is 12.7. The fourth-order valence-corrected chi connectivity index (χ4v) is 7.72. The molecule has 0 heterocycles. The van der Waals surface area contributed by atoms with Crippen molar-refractivity contribution in [3.05, 3.63) is 48.6 Å². The van der Waals surface area contributed by atoms with Crippen molar-refractivity contribution < 1.29 is 37.3 Å². The summed E-state index contributed by atoms with van der Waals surface area (Å²) in [5, 5.41) is 0. The minimum Gasteiger partial charge on any atom is -0.457 e. The number of nitrogens with zero attached hydrogens (tertiary/aromatic N) is 1. The predicted molar refractivity (Wildman–Crippen MR) is 261 cm³/mol. The summed E-state index contributed by atoms with van der Waals surface area (Å²) in [6.07, 6.45) is 55.8. The molecule has 2 atom stereocenters. The molecule has 0 amide bonds. The number of esters is 1. The molecule has 0 aliphatic rings. The van der Waals surface area contributed by atoms with Gasteiger partial charge < -0.3 is 18.9 Å². The highest BCUT2D eigenvalue weighted by Crippen LogP contribution is 2.43. The second kappa shape index (κ2) is 45.0. The van der Waals surface area contributed by atoms with E-state index >= 15 is 0 Å². The van der Waals surface area contributed by atoms with Gasteiger partial charge in [-0.05, 0) is 70.6 Å². The summed E-state index contributed by atoms with van der Waals surface area (Å²) in [5.74, 6) is -0.323. The molecule has 0 aromatic rings. The van der Waals surface area contributed by atoms with Crippen LogP contribution in [0.5, 0.6) is 0 Å². The van der Waals surface area contributed by atoms with Crippen LogP contribution in [0.25, 0.3) is 0 Å². The molecule has 358 valence electrons. The standard InChI is InChI=1S/C52H98NO7P/c1-6-8-10-12-14-16-18-20-22-24-25-26-27-28-30-32-34-36-38-40-42-44-47-57-49-51(50-59-61(55,56)58-48-46-53(3,4)5)60-52(54)45-43-41-39-37-35-33-31-29-23-21-19-17-15-13-11-9-7-2/h9,11,15,17,21,23-25,51H,6-8,10,12-14,16,18-20,22,26-50H2,1-5H3/p+1/b11-9-,17-15-,23-21-,25-24-. The molecule has 0 fully saturated rings. The molecule has 0 aromatic carbocycles. The number of rotatable bonds is 47. The molecule has 2 unspecified atom stereocenters. The van der Waals surface area contributed by atoms with Crippen molar-refractivity contribution in [3.63, 3.8) is 0 Å². The molecule has 0 rings (SSSR count). The largest absolute Gasteiger partial charge is 0.472 e. The first-order chi connectivity index (χ1) is 29.6. The molecule has 0 aliphatic carbocycles. The summed E-state index contributed by atoms with van der Waals surface area (Å²) in [5.41, 5.74) is 0. The zero-order valence-corrected chi connectivity index (χ0v) is 41.5. The lowest BCUT2D eigenvalue weighted by molar-refractivity contribution is -0.870. The Morgan fingerprint density at radius 1 is 0.525 bits per heavy atom. The van der Waals surface area contributed by atoms with E-state index in [9.17, 15) is 14.3 Å². The third-order valence-electron chi connectivity index (χ3n) is 10.9. The Bertz CT molecular complexity index is 1120. The fraction of sp³-hybridized carbons (Fsp3) is 0.827. The number of phosphoric ester groups is 1. The molecule has 61 heavy (non-hydrogen) atoms. The van der Waals surface area contributed by atoms with E-state index in [1.54, 1.807) is 0 Å². The van der Waals surface area contributed by atoms with Crippen molar-refractivity contribution in [1.29, 1.82) is 0 Å². The van der Waals surface area contributed by atoms with Crippen LogP contribution in [0.15, 0.2) is 48.6 Å². The third-order valence-corrected chi connectivity index (χ3v) is 11.9. The SMILES string of the molecule is CC/C=C\C/C=C\C/C=C\CCCCCCCCCC(=O)OC(COCCCCCCCCCCCC/C=C\CCCCCCCCCC)COP(=O)(O)OCC[N+](C)(C)C. The van der Waals surface area contributed by atoms with E-state index < -0.39 is 13.9 Å². The third kappa shape index (κ3) is 49.3. The fourth-order valence-electron chi connectivity index (χ4n) is 6.97. The van der Waals surface area contributed by atoms with Crippen LogP contribution < -0.4 is 0 Å². The van der Waals surface area contributed by atoms with Crippen LogP contribution in [-0.4, -0.2) is 75.6 Å². The van der Waals surface area contributed by atoms with Crippen molar-refractivity contribution in [2.24, 2.45) is 0 Å². The lowest BCUT2D eigenvalue weighted by atomic mass is 10.1. The summed E-state index contributed by atoms with van der Waals surface area (Å²) in [6, 6.07) is 0. The minimum atomic E-state index is -4.28. The Morgan fingerprint density at radius 2 is 0.951 bits per heavy atom. The van der Waals surface area contributed by atoms with E-state index in [2.05, 4.69) is 62.5 Å². The number of likely N-dealkylation sites (N-methyl/N-ethyl adjacent to an activating group) is 1. The normalized spacial score (nSPS) is 14.0. The molecule has 0 bridgehead atoms. The van der Waals surface area contributed by atoms with E-state index in [0.29, 0.717) is 24.1 Å². The Hall–Kier alpha value is -1.54. The van der Waals surface area contributed by atoms with E-state index in [4.69, 9.17) is 18.5 Å². The molecule has 0 saturated heterocycles. The number of phosphoric acid groups is 1. The van der Waals surface area contributed by atoms with Crippen LogP contribution >= 0.6 is 7.82 Å². The summed E-state index contributed by atoms with van der Waals surface area (Å²) >= 11 is 0. The number of hydrogen-bond acceptors (Lipinski definition) is 6. The van der Waals surface area contributed by atoms with Crippen molar-refractivity contribution in [2.45, 2.75) is 225 Å². The molecular formula is C52H99NO7P+. The molecule has 0 radical (unpaired) electrons. The van der Waals surface area contributed by atoms with Gasteiger partial charge in [0.15, 0.2) is 0 Å². The van der Waals surface area contributed by atoms with Crippen molar-refractivity contribution >= 4 is 13.8 Å². The summed E-state index contributed by atoms with van der Waals surface area (Å²) in [7, 11) is 1.66. The van der Waals surface area contributed by atoms with Crippen LogP contribution in [0.3, 0.4) is 0 Å². The smallest absolute Gasteiger partial charge is 0.457 e. The summed E-state index contributed by atoms with van der Waals surface area (Å²) in [4.78, 5) is 23.0. The van der Waals surface area contributed by atoms with Crippen LogP contribution in [0.1, 0.15) is 219 Å². The van der Waals surface area contributed by atoms with Gasteiger partial charge in [-0.3, -0.25) is 13.8 Å².